The zero-order valence-corrected chi connectivity index (χ0v) is 12.0. The van der Waals surface area contributed by atoms with Crippen molar-refractivity contribution in [3.63, 3.8) is 0 Å². The summed E-state index contributed by atoms with van der Waals surface area (Å²) >= 11 is 0. The van der Waals surface area contributed by atoms with Gasteiger partial charge in [-0.1, -0.05) is 18.2 Å². The van der Waals surface area contributed by atoms with Gasteiger partial charge >= 0.3 is 0 Å². The van der Waals surface area contributed by atoms with Gasteiger partial charge in [0.1, 0.15) is 0 Å². The van der Waals surface area contributed by atoms with Crippen molar-refractivity contribution < 1.29 is 9.66 Å². The van der Waals surface area contributed by atoms with Crippen LogP contribution in [0.1, 0.15) is 39.3 Å². The van der Waals surface area contributed by atoms with Gasteiger partial charge in [-0.05, 0) is 27.7 Å². The van der Waals surface area contributed by atoms with Crippen molar-refractivity contribution in [2.24, 2.45) is 0 Å². The van der Waals surface area contributed by atoms with E-state index >= 15 is 0 Å². The van der Waals surface area contributed by atoms with E-state index in [0.29, 0.717) is 18.7 Å². The summed E-state index contributed by atoms with van der Waals surface area (Å²) < 4.78 is 5.60. The molecule has 0 aliphatic carbocycles. The summed E-state index contributed by atoms with van der Waals surface area (Å²) in [6, 6.07) is 6.71. The molecule has 1 rings (SSSR count). The molecule has 106 valence electrons. The Morgan fingerprint density at radius 2 is 2.05 bits per heavy atom. The minimum atomic E-state index is -0.346. The maximum Gasteiger partial charge on any atom is 0.274 e. The molecule has 1 aromatic carbocycles. The van der Waals surface area contributed by atoms with Crippen molar-refractivity contribution in [3.8, 4) is 0 Å². The van der Waals surface area contributed by atoms with Gasteiger partial charge in [-0.25, -0.2) is 0 Å². The second-order valence-electron chi connectivity index (χ2n) is 5.11. The normalized spacial score (nSPS) is 13.3. The van der Waals surface area contributed by atoms with Gasteiger partial charge in [0, 0.05) is 30.8 Å². The van der Waals surface area contributed by atoms with E-state index in [4.69, 9.17) is 4.74 Å². The second kappa shape index (κ2) is 6.63. The van der Waals surface area contributed by atoms with E-state index in [0.717, 1.165) is 0 Å². The number of rotatable bonds is 7. The molecule has 0 bridgehead atoms. The van der Waals surface area contributed by atoms with Crippen LogP contribution in [0.4, 0.5) is 5.69 Å². The van der Waals surface area contributed by atoms with Gasteiger partial charge in [0.05, 0.1) is 10.5 Å². The van der Waals surface area contributed by atoms with Crippen LogP contribution in [0.3, 0.4) is 0 Å². The Morgan fingerprint density at radius 3 is 2.63 bits per heavy atom. The molecule has 0 amide bonds. The summed E-state index contributed by atoms with van der Waals surface area (Å²) in [6.45, 7) is 9.14. The van der Waals surface area contributed by atoms with Crippen LogP contribution >= 0.6 is 0 Å². The van der Waals surface area contributed by atoms with Crippen molar-refractivity contribution in [1.82, 2.24) is 5.32 Å². The molecule has 1 N–H and O–H groups in total. The molecule has 0 aromatic heterocycles. The molecular formula is C14H22N2O3. The van der Waals surface area contributed by atoms with E-state index in [1.807, 2.05) is 33.8 Å². The first-order chi connectivity index (χ1) is 8.87. The third-order valence-corrected chi connectivity index (χ3v) is 2.97. The number of hydrogen-bond donors (Lipinski definition) is 1. The second-order valence-corrected chi connectivity index (χ2v) is 5.11. The lowest BCUT2D eigenvalue weighted by molar-refractivity contribution is -0.385. The van der Waals surface area contributed by atoms with Crippen molar-refractivity contribution in [2.45, 2.75) is 39.3 Å². The summed E-state index contributed by atoms with van der Waals surface area (Å²) in [5.74, 6) is 0. The third-order valence-electron chi connectivity index (χ3n) is 2.97. The molecule has 0 aliphatic rings. The lowest BCUT2D eigenvalue weighted by atomic mass is 10.0. The van der Waals surface area contributed by atoms with Crippen molar-refractivity contribution in [1.29, 1.82) is 0 Å². The first kappa shape index (κ1) is 15.6. The first-order valence-corrected chi connectivity index (χ1v) is 6.48. The largest absolute Gasteiger partial charge is 0.375 e. The Labute approximate surface area is 114 Å². The predicted molar refractivity (Wildman–Crippen MR) is 75.2 cm³/mol. The number of nitrogens with one attached hydrogen (secondary N) is 1. The van der Waals surface area contributed by atoms with Crippen molar-refractivity contribution in [2.75, 3.05) is 13.2 Å². The number of nitro groups is 1. The molecule has 0 fully saturated rings. The highest BCUT2D eigenvalue weighted by molar-refractivity contribution is 5.41. The predicted octanol–water partition coefficient (Wildman–Crippen LogP) is 3.06. The zero-order valence-electron chi connectivity index (χ0n) is 12.0. The monoisotopic (exact) mass is 266 g/mol. The van der Waals surface area contributed by atoms with Gasteiger partial charge in [-0.3, -0.25) is 10.1 Å². The molecule has 5 nitrogen and oxygen atoms in total. The third kappa shape index (κ3) is 4.61. The van der Waals surface area contributed by atoms with E-state index in [2.05, 4.69) is 5.32 Å². The molecular weight excluding hydrogens is 244 g/mol. The molecule has 1 unspecified atom stereocenters. The fourth-order valence-electron chi connectivity index (χ4n) is 1.97. The lowest BCUT2D eigenvalue weighted by Gasteiger charge is -2.27. The van der Waals surface area contributed by atoms with Crippen molar-refractivity contribution >= 4 is 5.69 Å². The van der Waals surface area contributed by atoms with Gasteiger partial charge in [-0.2, -0.15) is 0 Å². The van der Waals surface area contributed by atoms with E-state index in [-0.39, 0.29) is 22.3 Å². The topological polar surface area (TPSA) is 64.4 Å². The van der Waals surface area contributed by atoms with Gasteiger partial charge in [0.15, 0.2) is 0 Å². The molecule has 0 spiro atoms. The molecule has 0 radical (unpaired) electrons. The SMILES string of the molecule is CCOC(C)(C)CNC(C)c1ccccc1[N+](=O)[O-]. The Hall–Kier alpha value is -1.46. The smallest absolute Gasteiger partial charge is 0.274 e. The summed E-state index contributed by atoms with van der Waals surface area (Å²) in [7, 11) is 0. The minimum Gasteiger partial charge on any atom is -0.375 e. The molecule has 5 heteroatoms. The maximum absolute atomic E-state index is 11.0. The highest BCUT2D eigenvalue weighted by Gasteiger charge is 2.22. The Kier molecular flexibility index (Phi) is 5.44. The lowest BCUT2D eigenvalue weighted by Crippen LogP contribution is -2.38. The van der Waals surface area contributed by atoms with Crippen LogP contribution < -0.4 is 5.32 Å². The van der Waals surface area contributed by atoms with Crippen LogP contribution in [-0.2, 0) is 4.74 Å². The van der Waals surface area contributed by atoms with Crippen molar-refractivity contribution in [3.05, 3.63) is 39.9 Å². The van der Waals surface area contributed by atoms with Crippen LogP contribution in [0.25, 0.3) is 0 Å². The average molecular weight is 266 g/mol. The zero-order chi connectivity index (χ0) is 14.5. The molecule has 0 heterocycles. The number of ether oxygens (including phenoxy) is 1. The molecule has 1 atom stereocenters. The molecule has 0 aliphatic heterocycles. The first-order valence-electron chi connectivity index (χ1n) is 6.48. The fraction of sp³-hybridized carbons (Fsp3) is 0.571. The molecule has 0 saturated carbocycles. The van der Waals surface area contributed by atoms with Gasteiger partial charge in [0.25, 0.3) is 5.69 Å². The summed E-state index contributed by atoms with van der Waals surface area (Å²) in [6.07, 6.45) is 0. The van der Waals surface area contributed by atoms with Gasteiger partial charge in [0.2, 0.25) is 0 Å². The van der Waals surface area contributed by atoms with Crippen LogP contribution in [0, 0.1) is 10.1 Å². The molecule has 1 aromatic rings. The number of hydrogen-bond acceptors (Lipinski definition) is 4. The highest BCUT2D eigenvalue weighted by Crippen LogP contribution is 2.24. The van der Waals surface area contributed by atoms with E-state index in [1.165, 1.54) is 6.07 Å². The van der Waals surface area contributed by atoms with E-state index in [9.17, 15) is 10.1 Å². The molecule has 0 saturated heterocycles. The summed E-state index contributed by atoms with van der Waals surface area (Å²) in [5, 5.41) is 14.3. The Balaban J connectivity index is 2.74. The van der Waals surface area contributed by atoms with Crippen LogP contribution in [0.15, 0.2) is 24.3 Å². The minimum absolute atomic E-state index is 0.0960. The van der Waals surface area contributed by atoms with Crippen LogP contribution in [0.2, 0.25) is 0 Å². The van der Waals surface area contributed by atoms with E-state index in [1.54, 1.807) is 12.1 Å². The Morgan fingerprint density at radius 1 is 1.42 bits per heavy atom. The van der Waals surface area contributed by atoms with E-state index < -0.39 is 0 Å². The van der Waals surface area contributed by atoms with Crippen LogP contribution in [-0.4, -0.2) is 23.7 Å². The standard InChI is InChI=1S/C14H22N2O3/c1-5-19-14(3,4)10-15-11(2)12-8-6-7-9-13(12)16(17)18/h6-9,11,15H,5,10H2,1-4H3. The Bertz CT molecular complexity index is 432. The number of nitrogens with zero attached hydrogens (tertiary/aromatic N) is 1. The summed E-state index contributed by atoms with van der Waals surface area (Å²) in [4.78, 5) is 10.6. The number of para-hydroxylation sites is 1. The maximum atomic E-state index is 11.0. The quantitative estimate of drug-likeness (QED) is 0.608. The highest BCUT2D eigenvalue weighted by atomic mass is 16.6. The summed E-state index contributed by atoms with van der Waals surface area (Å²) in [5.41, 5.74) is 0.559. The van der Waals surface area contributed by atoms with Gasteiger partial charge < -0.3 is 10.1 Å². The fourth-order valence-corrected chi connectivity index (χ4v) is 1.97. The number of nitro benzene ring substituents is 1. The number of benzene rings is 1. The van der Waals surface area contributed by atoms with Gasteiger partial charge in [-0.15, -0.1) is 0 Å². The van der Waals surface area contributed by atoms with Crippen LogP contribution in [0.5, 0.6) is 0 Å². The molecule has 19 heavy (non-hydrogen) atoms. The average Bonchev–Trinajstić information content (AvgIpc) is 2.36.